The Kier molecular flexibility index (Phi) is 11.5. The molecule has 0 aliphatic heterocycles. The van der Waals surface area contributed by atoms with Crippen LogP contribution in [0.25, 0.3) is 0 Å². The topological polar surface area (TPSA) is 171 Å². The first-order valence-electron chi connectivity index (χ1n) is 11.1. The van der Waals surface area contributed by atoms with Gasteiger partial charge >= 0.3 is 5.97 Å². The van der Waals surface area contributed by atoms with Crippen molar-refractivity contribution in [3.8, 4) is 0 Å². The van der Waals surface area contributed by atoms with Crippen molar-refractivity contribution in [1.82, 2.24) is 16.0 Å². The van der Waals surface area contributed by atoms with E-state index >= 15 is 0 Å². The Morgan fingerprint density at radius 2 is 1.48 bits per heavy atom. The molecular formula is C23H36N4O6. The molecule has 0 bridgehead atoms. The van der Waals surface area contributed by atoms with Gasteiger partial charge in [-0.05, 0) is 17.4 Å². The van der Waals surface area contributed by atoms with Crippen LogP contribution in [0.2, 0.25) is 0 Å². The number of rotatable bonds is 13. The Morgan fingerprint density at radius 3 is 1.97 bits per heavy atom. The molecule has 1 aromatic rings. The summed E-state index contributed by atoms with van der Waals surface area (Å²) >= 11 is 0. The van der Waals surface area contributed by atoms with Crippen molar-refractivity contribution in [3.05, 3.63) is 35.9 Å². The lowest BCUT2D eigenvalue weighted by Gasteiger charge is -2.27. The van der Waals surface area contributed by atoms with Gasteiger partial charge in [0.2, 0.25) is 17.7 Å². The minimum atomic E-state index is -1.30. The van der Waals surface area contributed by atoms with Gasteiger partial charge in [-0.3, -0.25) is 14.4 Å². The monoisotopic (exact) mass is 464 g/mol. The maximum Gasteiger partial charge on any atom is 0.326 e. The second-order valence-corrected chi connectivity index (χ2v) is 8.47. The van der Waals surface area contributed by atoms with Gasteiger partial charge in [0, 0.05) is 6.42 Å². The number of amides is 3. The smallest absolute Gasteiger partial charge is 0.326 e. The van der Waals surface area contributed by atoms with Crippen molar-refractivity contribution >= 4 is 23.7 Å². The summed E-state index contributed by atoms with van der Waals surface area (Å²) in [5.74, 6) is -3.76. The van der Waals surface area contributed by atoms with Crippen LogP contribution in [0.15, 0.2) is 30.3 Å². The second kappa shape index (κ2) is 13.5. The van der Waals surface area contributed by atoms with E-state index in [0.29, 0.717) is 6.42 Å². The van der Waals surface area contributed by atoms with Crippen LogP contribution in [0.5, 0.6) is 0 Å². The third-order valence-electron chi connectivity index (χ3n) is 5.52. The first kappa shape index (κ1) is 28.1. The van der Waals surface area contributed by atoms with E-state index in [9.17, 15) is 29.4 Å². The number of benzene rings is 1. The van der Waals surface area contributed by atoms with Gasteiger partial charge in [-0.15, -0.1) is 0 Å². The van der Waals surface area contributed by atoms with Crippen LogP contribution in [-0.2, 0) is 25.6 Å². The molecule has 0 saturated carbocycles. The van der Waals surface area contributed by atoms with Gasteiger partial charge in [0.05, 0.1) is 12.6 Å². The molecule has 0 aliphatic carbocycles. The molecule has 0 fully saturated rings. The average molecular weight is 465 g/mol. The summed E-state index contributed by atoms with van der Waals surface area (Å²) in [5.41, 5.74) is 6.61. The van der Waals surface area contributed by atoms with Crippen molar-refractivity contribution < 1.29 is 29.4 Å². The average Bonchev–Trinajstić information content (AvgIpc) is 2.79. The number of carbonyl (C=O) groups is 4. The summed E-state index contributed by atoms with van der Waals surface area (Å²) in [6.07, 6.45) is 0.734. The summed E-state index contributed by atoms with van der Waals surface area (Å²) in [6, 6.07) is 4.41. The lowest BCUT2D eigenvalue weighted by Crippen LogP contribution is -2.59. The lowest BCUT2D eigenvalue weighted by molar-refractivity contribution is -0.142. The largest absolute Gasteiger partial charge is 0.480 e. The third-order valence-corrected chi connectivity index (χ3v) is 5.52. The highest BCUT2D eigenvalue weighted by molar-refractivity contribution is 5.94. The Balaban J connectivity index is 2.86. The third kappa shape index (κ3) is 8.82. The summed E-state index contributed by atoms with van der Waals surface area (Å²) < 4.78 is 0. The van der Waals surface area contributed by atoms with Crippen molar-refractivity contribution in [1.29, 1.82) is 0 Å². The zero-order valence-corrected chi connectivity index (χ0v) is 19.6. The molecule has 1 aromatic carbocycles. The fraction of sp³-hybridized carbons (Fsp3) is 0.565. The zero-order valence-electron chi connectivity index (χ0n) is 19.6. The molecule has 3 amide bonds. The second-order valence-electron chi connectivity index (χ2n) is 8.47. The number of nitrogens with one attached hydrogen (secondary N) is 3. The normalized spacial score (nSPS) is 15.6. The Labute approximate surface area is 194 Å². The number of hydrogen-bond acceptors (Lipinski definition) is 6. The van der Waals surface area contributed by atoms with E-state index < -0.39 is 60.4 Å². The Hall–Kier alpha value is -2.98. The van der Waals surface area contributed by atoms with Gasteiger partial charge in [-0.2, -0.15) is 0 Å². The predicted octanol–water partition coefficient (Wildman–Crippen LogP) is -0.210. The van der Waals surface area contributed by atoms with Crippen molar-refractivity contribution in [2.24, 2.45) is 17.6 Å². The SMILES string of the molecule is CCC(C)C(N)C(=O)NC(CO)C(=O)NC(C(=O)NC(Cc1ccccc1)C(=O)O)C(C)C. The van der Waals surface area contributed by atoms with Crippen LogP contribution in [0.1, 0.15) is 39.7 Å². The van der Waals surface area contributed by atoms with Crippen molar-refractivity contribution in [2.45, 2.75) is 64.7 Å². The number of aliphatic hydroxyl groups excluding tert-OH is 1. The molecule has 7 N–H and O–H groups in total. The fourth-order valence-corrected chi connectivity index (χ4v) is 3.07. The van der Waals surface area contributed by atoms with Gasteiger partial charge in [0.1, 0.15) is 18.1 Å². The number of hydrogen-bond donors (Lipinski definition) is 6. The molecule has 184 valence electrons. The maximum atomic E-state index is 12.8. The molecule has 0 radical (unpaired) electrons. The lowest BCUT2D eigenvalue weighted by atomic mass is 9.99. The Bertz CT molecular complexity index is 801. The first-order chi connectivity index (χ1) is 15.5. The molecule has 33 heavy (non-hydrogen) atoms. The van der Waals surface area contributed by atoms with E-state index in [0.717, 1.165) is 5.56 Å². The van der Waals surface area contributed by atoms with Crippen molar-refractivity contribution in [2.75, 3.05) is 6.61 Å². The van der Waals surface area contributed by atoms with Gasteiger partial charge < -0.3 is 31.9 Å². The molecule has 0 heterocycles. The minimum Gasteiger partial charge on any atom is -0.480 e. The van der Waals surface area contributed by atoms with E-state index in [1.54, 1.807) is 51.1 Å². The zero-order chi connectivity index (χ0) is 25.1. The molecule has 0 spiro atoms. The van der Waals surface area contributed by atoms with E-state index in [1.165, 1.54) is 0 Å². The van der Waals surface area contributed by atoms with Gasteiger partial charge in [-0.25, -0.2) is 4.79 Å². The van der Waals surface area contributed by atoms with Gasteiger partial charge in [0.25, 0.3) is 0 Å². The molecule has 1 rings (SSSR count). The van der Waals surface area contributed by atoms with Gasteiger partial charge in [0.15, 0.2) is 0 Å². The Morgan fingerprint density at radius 1 is 0.909 bits per heavy atom. The molecule has 0 aliphatic rings. The highest BCUT2D eigenvalue weighted by atomic mass is 16.4. The number of carboxylic acid groups (broad SMARTS) is 1. The summed E-state index contributed by atoms with van der Waals surface area (Å²) in [7, 11) is 0. The van der Waals surface area contributed by atoms with Crippen LogP contribution in [0, 0.1) is 11.8 Å². The van der Waals surface area contributed by atoms with E-state index in [1.807, 2.05) is 6.92 Å². The van der Waals surface area contributed by atoms with Crippen LogP contribution in [-0.4, -0.2) is 64.7 Å². The molecule has 10 heteroatoms. The fourth-order valence-electron chi connectivity index (χ4n) is 3.07. The predicted molar refractivity (Wildman–Crippen MR) is 123 cm³/mol. The van der Waals surface area contributed by atoms with Crippen LogP contribution >= 0.6 is 0 Å². The summed E-state index contributed by atoms with van der Waals surface area (Å²) in [4.78, 5) is 49.5. The quantitative estimate of drug-likeness (QED) is 0.234. The van der Waals surface area contributed by atoms with Crippen LogP contribution < -0.4 is 21.7 Å². The summed E-state index contributed by atoms with van der Waals surface area (Å²) in [6.45, 7) is 6.35. The highest BCUT2D eigenvalue weighted by Gasteiger charge is 2.32. The van der Waals surface area contributed by atoms with E-state index in [2.05, 4.69) is 16.0 Å². The standard InChI is InChI=1S/C23H36N4O6/c1-5-14(4)18(24)21(30)26-17(12-28)20(29)27-19(13(2)3)22(31)25-16(23(32)33)11-15-9-7-6-8-10-15/h6-10,13-14,16-19,28H,5,11-12,24H2,1-4H3,(H,25,31)(H,26,30)(H,27,29)(H,32,33). The summed E-state index contributed by atoms with van der Waals surface area (Å²) in [5, 5.41) is 26.5. The molecule has 10 nitrogen and oxygen atoms in total. The highest BCUT2D eigenvalue weighted by Crippen LogP contribution is 2.08. The van der Waals surface area contributed by atoms with Gasteiger partial charge in [-0.1, -0.05) is 64.4 Å². The number of carboxylic acids is 1. The molecule has 5 unspecified atom stereocenters. The van der Waals surface area contributed by atoms with E-state index in [-0.39, 0.29) is 12.3 Å². The first-order valence-corrected chi connectivity index (χ1v) is 11.1. The number of nitrogens with two attached hydrogens (primary N) is 1. The molecule has 5 atom stereocenters. The van der Waals surface area contributed by atoms with E-state index in [4.69, 9.17) is 5.73 Å². The minimum absolute atomic E-state index is 0.0729. The maximum absolute atomic E-state index is 12.8. The number of carbonyl (C=O) groups excluding carboxylic acids is 3. The van der Waals surface area contributed by atoms with Crippen LogP contribution in [0.4, 0.5) is 0 Å². The van der Waals surface area contributed by atoms with Crippen molar-refractivity contribution in [3.63, 3.8) is 0 Å². The molecule has 0 saturated heterocycles. The molecule has 0 aromatic heterocycles. The number of aliphatic carboxylic acids is 1. The number of aliphatic hydroxyl groups is 1. The van der Waals surface area contributed by atoms with Crippen LogP contribution in [0.3, 0.4) is 0 Å². The molecular weight excluding hydrogens is 428 g/mol.